The highest BCUT2D eigenvalue weighted by molar-refractivity contribution is 5.97. The van der Waals surface area contributed by atoms with E-state index in [1.165, 1.54) is 28.1 Å². The molecule has 0 N–H and O–H groups in total. The number of hydrogen-bond donors (Lipinski definition) is 0. The second kappa shape index (κ2) is 11.3. The largest absolute Gasteiger partial charge is 0.455 e. The van der Waals surface area contributed by atoms with Crippen molar-refractivity contribution >= 4 is 28.2 Å². The highest BCUT2D eigenvalue weighted by Crippen LogP contribution is 2.41. The summed E-state index contributed by atoms with van der Waals surface area (Å²) in [7, 11) is 4.12. The molecule has 0 radical (unpaired) electrons. The van der Waals surface area contributed by atoms with Gasteiger partial charge in [0.2, 0.25) is 5.91 Å². The normalized spacial score (nSPS) is 19.4. The zero-order chi connectivity index (χ0) is 29.4. The summed E-state index contributed by atoms with van der Waals surface area (Å²) in [6.45, 7) is 9.82. The maximum atomic E-state index is 12.5. The minimum absolute atomic E-state index is 0.135. The molecule has 3 heterocycles. The molecular weight excluding hydrogens is 526 g/mol. The summed E-state index contributed by atoms with van der Waals surface area (Å²) in [6.07, 6.45) is 4.35. The van der Waals surface area contributed by atoms with Crippen molar-refractivity contribution in [3.63, 3.8) is 0 Å². The Morgan fingerprint density at radius 1 is 1.17 bits per heavy atom. The minimum Gasteiger partial charge on any atom is -0.455 e. The Bertz CT molecular complexity index is 1550. The molecule has 1 amide bonds. The molecular formula is C33H39N7O2. The first-order chi connectivity index (χ1) is 20.3. The summed E-state index contributed by atoms with van der Waals surface area (Å²) in [5, 5.41) is 12.0. The number of nitriles is 1. The van der Waals surface area contributed by atoms with Crippen LogP contribution in [-0.4, -0.2) is 84.1 Å². The summed E-state index contributed by atoms with van der Waals surface area (Å²) in [4.78, 5) is 31.2. The fraction of sp³-hybridized carbons (Fsp3) is 0.455. The van der Waals surface area contributed by atoms with Crippen LogP contribution in [0, 0.1) is 18.3 Å². The van der Waals surface area contributed by atoms with Crippen molar-refractivity contribution in [2.45, 2.75) is 50.8 Å². The van der Waals surface area contributed by atoms with Gasteiger partial charge in [-0.25, -0.2) is 0 Å². The number of hydrogen-bond acceptors (Lipinski definition) is 8. The van der Waals surface area contributed by atoms with Crippen molar-refractivity contribution in [2.75, 3.05) is 56.6 Å². The lowest BCUT2D eigenvalue weighted by atomic mass is 9.99. The third-order valence-electron chi connectivity index (χ3n) is 8.74. The number of rotatable bonds is 8. The van der Waals surface area contributed by atoms with Gasteiger partial charge < -0.3 is 24.3 Å². The van der Waals surface area contributed by atoms with E-state index in [0.717, 1.165) is 49.4 Å². The standard InChI is InChI=1S/C33H39N7O2/c1-5-29(41)40-19-18-39(20-25(40)12-16-34)31-26-13-17-38(28-11-7-10-24-9-6-8-23(2)30(24)28)21-27(26)35-32(36-31)42-33(14-15-33)22-37(3)4/h5-11,25H,1,12-15,17-22H2,2-4H3. The van der Waals surface area contributed by atoms with Crippen molar-refractivity contribution in [1.82, 2.24) is 19.8 Å². The molecule has 1 saturated heterocycles. The summed E-state index contributed by atoms with van der Waals surface area (Å²) >= 11 is 0. The second-order valence-electron chi connectivity index (χ2n) is 12.1. The molecule has 2 aromatic carbocycles. The molecule has 9 heteroatoms. The number of anilines is 2. The Labute approximate surface area is 248 Å². The molecule has 1 aromatic heterocycles. The average Bonchev–Trinajstić information content (AvgIpc) is 3.73. The number of carbonyl (C=O) groups is 1. The number of nitrogens with zero attached hydrogens (tertiary/aromatic N) is 7. The van der Waals surface area contributed by atoms with Gasteiger partial charge in [-0.3, -0.25) is 4.79 Å². The van der Waals surface area contributed by atoms with E-state index in [1.807, 2.05) is 0 Å². The highest BCUT2D eigenvalue weighted by Gasteiger charge is 2.47. The SMILES string of the molecule is C=CC(=O)N1CCN(c2nc(OC3(CN(C)C)CC3)nc3c2CCN(c2cccc4cccc(C)c24)C3)CC1CC#N. The number of ether oxygens (including phenoxy) is 1. The van der Waals surface area contributed by atoms with Gasteiger partial charge in [-0.05, 0) is 63.4 Å². The maximum absolute atomic E-state index is 12.5. The summed E-state index contributed by atoms with van der Waals surface area (Å²) in [5.74, 6) is 0.738. The van der Waals surface area contributed by atoms with E-state index >= 15 is 0 Å². The number of likely N-dealkylation sites (N-methyl/N-ethyl adjacent to an activating group) is 1. The lowest BCUT2D eigenvalue weighted by Gasteiger charge is -2.42. The number of aromatic nitrogens is 2. The minimum atomic E-state index is -0.255. The Kier molecular flexibility index (Phi) is 7.50. The number of piperazine rings is 1. The van der Waals surface area contributed by atoms with Crippen LogP contribution < -0.4 is 14.5 Å². The monoisotopic (exact) mass is 565 g/mol. The summed E-state index contributed by atoms with van der Waals surface area (Å²) < 4.78 is 6.56. The number of fused-ring (bicyclic) bond motifs is 2. The molecule has 0 bridgehead atoms. The average molecular weight is 566 g/mol. The van der Waals surface area contributed by atoms with Crippen LogP contribution >= 0.6 is 0 Å². The van der Waals surface area contributed by atoms with E-state index < -0.39 is 0 Å². The van der Waals surface area contributed by atoms with Crippen LogP contribution in [0.5, 0.6) is 6.01 Å². The van der Waals surface area contributed by atoms with Crippen LogP contribution in [0.25, 0.3) is 10.8 Å². The molecule has 1 unspecified atom stereocenters. The molecule has 42 heavy (non-hydrogen) atoms. The summed E-state index contributed by atoms with van der Waals surface area (Å²) in [6, 6.07) is 15.4. The van der Waals surface area contributed by atoms with Crippen LogP contribution in [0.4, 0.5) is 11.5 Å². The van der Waals surface area contributed by atoms with Gasteiger partial charge in [-0.2, -0.15) is 15.2 Å². The molecule has 2 fully saturated rings. The molecule has 1 saturated carbocycles. The van der Waals surface area contributed by atoms with Gasteiger partial charge in [-0.15, -0.1) is 0 Å². The maximum Gasteiger partial charge on any atom is 0.319 e. The second-order valence-corrected chi connectivity index (χ2v) is 12.1. The first-order valence-corrected chi connectivity index (χ1v) is 14.8. The van der Waals surface area contributed by atoms with Gasteiger partial charge in [0, 0.05) is 49.4 Å². The van der Waals surface area contributed by atoms with E-state index in [1.54, 1.807) is 4.90 Å². The van der Waals surface area contributed by atoms with Crippen molar-refractivity contribution in [2.24, 2.45) is 0 Å². The molecule has 1 aliphatic carbocycles. The smallest absolute Gasteiger partial charge is 0.319 e. The fourth-order valence-electron chi connectivity index (χ4n) is 6.61. The topological polar surface area (TPSA) is 88.8 Å². The van der Waals surface area contributed by atoms with Gasteiger partial charge in [0.05, 0.1) is 30.8 Å². The fourth-order valence-corrected chi connectivity index (χ4v) is 6.61. The molecule has 2 aliphatic heterocycles. The number of amides is 1. The predicted molar refractivity (Wildman–Crippen MR) is 165 cm³/mol. The van der Waals surface area contributed by atoms with E-state index in [-0.39, 0.29) is 24.0 Å². The van der Waals surface area contributed by atoms with Crippen molar-refractivity contribution in [1.29, 1.82) is 5.26 Å². The first kappa shape index (κ1) is 28.0. The van der Waals surface area contributed by atoms with Crippen LogP contribution in [-0.2, 0) is 17.8 Å². The molecule has 9 nitrogen and oxygen atoms in total. The predicted octanol–water partition coefficient (Wildman–Crippen LogP) is 4.09. The van der Waals surface area contributed by atoms with Gasteiger partial charge in [0.15, 0.2) is 0 Å². The van der Waals surface area contributed by atoms with Crippen LogP contribution in [0.3, 0.4) is 0 Å². The summed E-state index contributed by atoms with van der Waals surface area (Å²) in [5.41, 5.74) is 4.34. The molecule has 0 spiro atoms. The van der Waals surface area contributed by atoms with Crippen LogP contribution in [0.15, 0.2) is 49.1 Å². The third kappa shape index (κ3) is 5.39. The van der Waals surface area contributed by atoms with Gasteiger partial charge in [-0.1, -0.05) is 36.9 Å². The van der Waals surface area contributed by atoms with Gasteiger partial charge in [0.1, 0.15) is 11.4 Å². The Morgan fingerprint density at radius 2 is 1.95 bits per heavy atom. The van der Waals surface area contributed by atoms with Crippen LogP contribution in [0.1, 0.15) is 36.1 Å². The molecule has 3 aliphatic rings. The first-order valence-electron chi connectivity index (χ1n) is 14.8. The van der Waals surface area contributed by atoms with Crippen molar-refractivity contribution < 1.29 is 9.53 Å². The zero-order valence-electron chi connectivity index (χ0n) is 24.8. The lowest BCUT2D eigenvalue weighted by molar-refractivity contribution is -0.128. The highest BCUT2D eigenvalue weighted by atomic mass is 16.5. The number of aryl methyl sites for hydroxylation is 1. The van der Waals surface area contributed by atoms with E-state index in [0.29, 0.717) is 32.2 Å². The zero-order valence-corrected chi connectivity index (χ0v) is 24.8. The molecule has 3 aromatic rings. The number of carbonyl (C=O) groups excluding carboxylic acids is 1. The third-order valence-corrected chi connectivity index (χ3v) is 8.74. The van der Waals surface area contributed by atoms with E-state index in [4.69, 9.17) is 14.7 Å². The van der Waals surface area contributed by atoms with Crippen LogP contribution in [0.2, 0.25) is 0 Å². The van der Waals surface area contributed by atoms with Crippen molar-refractivity contribution in [3.8, 4) is 12.1 Å². The lowest BCUT2D eigenvalue weighted by Crippen LogP contribution is -2.55. The van der Waals surface area contributed by atoms with E-state index in [2.05, 4.69) is 84.8 Å². The number of benzene rings is 2. The molecule has 6 rings (SSSR count). The van der Waals surface area contributed by atoms with Gasteiger partial charge in [0.25, 0.3) is 0 Å². The molecule has 1 atom stereocenters. The van der Waals surface area contributed by atoms with Crippen molar-refractivity contribution in [3.05, 3.63) is 65.9 Å². The Hall–Kier alpha value is -4.16. The molecule has 218 valence electrons. The quantitative estimate of drug-likeness (QED) is 0.378. The Balaban J connectivity index is 1.37. The Morgan fingerprint density at radius 3 is 2.67 bits per heavy atom. The van der Waals surface area contributed by atoms with Gasteiger partial charge >= 0.3 is 6.01 Å². The van der Waals surface area contributed by atoms with E-state index in [9.17, 15) is 10.1 Å².